The molecule has 0 aromatic carbocycles. The largest absolute Gasteiger partial charge is 0.250 e. The van der Waals surface area contributed by atoms with Crippen molar-refractivity contribution in [1.82, 2.24) is 0 Å². The van der Waals surface area contributed by atoms with Gasteiger partial charge in [-0.1, -0.05) is 6.42 Å². The van der Waals surface area contributed by atoms with Gasteiger partial charge in [-0.2, -0.15) is 0 Å². The van der Waals surface area contributed by atoms with Crippen molar-refractivity contribution in [2.24, 2.45) is 4.36 Å². The Morgan fingerprint density at radius 1 is 1.22 bits per heavy atom. The molecule has 9 heavy (non-hydrogen) atoms. The van der Waals surface area contributed by atoms with Crippen molar-refractivity contribution in [1.29, 1.82) is 0 Å². The standard InChI is InChI=1S/C6H13NOS/c1-7-9(8)5-3-2-4-6-9/h2-6H2,1H3. The maximum atomic E-state index is 11.4. The zero-order valence-corrected chi connectivity index (χ0v) is 6.62. The van der Waals surface area contributed by atoms with Gasteiger partial charge in [0, 0.05) is 28.3 Å². The van der Waals surface area contributed by atoms with Crippen LogP contribution in [-0.4, -0.2) is 22.8 Å². The molecular weight excluding hydrogens is 134 g/mol. The molecule has 0 atom stereocenters. The van der Waals surface area contributed by atoms with Gasteiger partial charge in [-0.3, -0.25) is 0 Å². The number of nitrogens with zero attached hydrogens (tertiary/aromatic N) is 1. The Hall–Kier alpha value is -0.0500. The van der Waals surface area contributed by atoms with Crippen LogP contribution in [-0.2, 0) is 9.73 Å². The quantitative estimate of drug-likeness (QED) is 0.507. The fraction of sp³-hybridized carbons (Fsp3) is 1.00. The average Bonchev–Trinajstić information content (AvgIpc) is 1.90. The van der Waals surface area contributed by atoms with Crippen molar-refractivity contribution in [3.05, 3.63) is 0 Å². The van der Waals surface area contributed by atoms with Crippen LogP contribution in [0, 0.1) is 0 Å². The summed E-state index contributed by atoms with van der Waals surface area (Å²) in [6, 6.07) is 0. The van der Waals surface area contributed by atoms with Gasteiger partial charge in [-0.25, -0.2) is 8.57 Å². The topological polar surface area (TPSA) is 29.4 Å². The van der Waals surface area contributed by atoms with E-state index in [1.54, 1.807) is 7.05 Å². The molecule has 0 amide bonds. The van der Waals surface area contributed by atoms with Gasteiger partial charge in [-0.05, 0) is 12.8 Å². The molecule has 3 heteroatoms. The van der Waals surface area contributed by atoms with E-state index in [-0.39, 0.29) is 0 Å². The first-order chi connectivity index (χ1) is 4.27. The Kier molecular flexibility index (Phi) is 2.11. The molecule has 0 unspecified atom stereocenters. The van der Waals surface area contributed by atoms with Gasteiger partial charge in [-0.15, -0.1) is 0 Å². The maximum absolute atomic E-state index is 11.4. The Morgan fingerprint density at radius 3 is 2.11 bits per heavy atom. The highest BCUT2D eigenvalue weighted by Gasteiger charge is 2.11. The van der Waals surface area contributed by atoms with E-state index in [0.717, 1.165) is 24.3 Å². The minimum atomic E-state index is -1.70. The second kappa shape index (κ2) is 2.69. The van der Waals surface area contributed by atoms with Gasteiger partial charge in [0.25, 0.3) is 0 Å². The summed E-state index contributed by atoms with van der Waals surface area (Å²) in [5.74, 6) is 1.67. The van der Waals surface area contributed by atoms with E-state index in [0.29, 0.717) is 0 Å². The first-order valence-corrected chi connectivity index (χ1v) is 5.23. The van der Waals surface area contributed by atoms with E-state index < -0.39 is 9.73 Å². The number of hydrogen-bond donors (Lipinski definition) is 0. The molecule has 1 heterocycles. The van der Waals surface area contributed by atoms with E-state index in [4.69, 9.17) is 0 Å². The summed E-state index contributed by atoms with van der Waals surface area (Å²) in [7, 11) is -0.0289. The average molecular weight is 147 g/mol. The molecule has 54 valence electrons. The van der Waals surface area contributed by atoms with Gasteiger partial charge in [0.2, 0.25) is 0 Å². The van der Waals surface area contributed by atoms with E-state index in [1.807, 2.05) is 0 Å². The molecule has 1 aliphatic heterocycles. The summed E-state index contributed by atoms with van der Waals surface area (Å²) >= 11 is 0. The molecule has 0 radical (unpaired) electrons. The first kappa shape index (κ1) is 7.06. The van der Waals surface area contributed by atoms with E-state index in [2.05, 4.69) is 4.36 Å². The molecule has 0 bridgehead atoms. The normalized spacial score (nSPS) is 25.4. The van der Waals surface area contributed by atoms with Crippen LogP contribution in [0.1, 0.15) is 19.3 Å². The fourth-order valence-electron chi connectivity index (χ4n) is 1.12. The summed E-state index contributed by atoms with van der Waals surface area (Å²) in [5.41, 5.74) is 0. The van der Waals surface area contributed by atoms with Crippen molar-refractivity contribution < 1.29 is 4.21 Å². The van der Waals surface area contributed by atoms with Crippen LogP contribution in [0.15, 0.2) is 4.36 Å². The summed E-state index contributed by atoms with van der Waals surface area (Å²) in [5, 5.41) is 0. The van der Waals surface area contributed by atoms with Crippen molar-refractivity contribution in [2.75, 3.05) is 18.6 Å². The molecule has 0 saturated carbocycles. The highest BCUT2D eigenvalue weighted by Crippen LogP contribution is 2.12. The highest BCUT2D eigenvalue weighted by molar-refractivity contribution is 7.93. The lowest BCUT2D eigenvalue weighted by Gasteiger charge is -2.13. The summed E-state index contributed by atoms with van der Waals surface area (Å²) < 4.78 is 15.3. The zero-order chi connectivity index (χ0) is 6.74. The van der Waals surface area contributed by atoms with Crippen molar-refractivity contribution in [2.45, 2.75) is 19.3 Å². The summed E-state index contributed by atoms with van der Waals surface area (Å²) in [4.78, 5) is 0. The predicted octanol–water partition coefficient (Wildman–Crippen LogP) is 1.27. The third kappa shape index (κ3) is 1.68. The van der Waals surface area contributed by atoms with Gasteiger partial charge in [0.05, 0.1) is 0 Å². The zero-order valence-electron chi connectivity index (χ0n) is 5.80. The molecule has 0 aliphatic carbocycles. The summed E-state index contributed by atoms with van der Waals surface area (Å²) in [6.45, 7) is 0. The van der Waals surface area contributed by atoms with Crippen LogP contribution in [0.4, 0.5) is 0 Å². The minimum absolute atomic E-state index is 0.837. The highest BCUT2D eigenvalue weighted by atomic mass is 32.2. The smallest absolute Gasteiger partial charge is 0.0464 e. The minimum Gasteiger partial charge on any atom is -0.250 e. The van der Waals surface area contributed by atoms with Gasteiger partial charge < -0.3 is 0 Å². The third-order valence-electron chi connectivity index (χ3n) is 1.76. The molecular formula is C6H13NOS. The molecule has 0 aromatic heterocycles. The SMILES string of the molecule is CN=S1(=O)CCCCC1. The lowest BCUT2D eigenvalue weighted by molar-refractivity contribution is 0.649. The lowest BCUT2D eigenvalue weighted by atomic mass is 10.3. The van der Waals surface area contributed by atoms with E-state index in [9.17, 15) is 4.21 Å². The van der Waals surface area contributed by atoms with Gasteiger partial charge in [0.15, 0.2) is 0 Å². The van der Waals surface area contributed by atoms with Crippen molar-refractivity contribution >= 4 is 9.73 Å². The van der Waals surface area contributed by atoms with Crippen molar-refractivity contribution in [3.63, 3.8) is 0 Å². The van der Waals surface area contributed by atoms with E-state index in [1.165, 1.54) is 6.42 Å². The Balaban J connectivity index is 2.70. The Labute approximate surface area is 56.8 Å². The van der Waals surface area contributed by atoms with Crippen LogP contribution in [0.25, 0.3) is 0 Å². The fourth-order valence-corrected chi connectivity index (χ4v) is 3.00. The van der Waals surface area contributed by atoms with E-state index >= 15 is 0 Å². The van der Waals surface area contributed by atoms with Crippen molar-refractivity contribution in [3.8, 4) is 0 Å². The van der Waals surface area contributed by atoms with Crippen LogP contribution in [0.2, 0.25) is 0 Å². The number of rotatable bonds is 0. The van der Waals surface area contributed by atoms with Crippen LogP contribution < -0.4 is 0 Å². The molecule has 1 aliphatic rings. The maximum Gasteiger partial charge on any atom is 0.0464 e. The monoisotopic (exact) mass is 147 g/mol. The molecule has 1 fully saturated rings. The van der Waals surface area contributed by atoms with Gasteiger partial charge in [0.1, 0.15) is 0 Å². The Morgan fingerprint density at radius 2 is 1.78 bits per heavy atom. The number of hydrogen-bond acceptors (Lipinski definition) is 2. The molecule has 0 spiro atoms. The predicted molar refractivity (Wildman–Crippen MR) is 40.1 cm³/mol. The third-order valence-corrected chi connectivity index (χ3v) is 4.28. The lowest BCUT2D eigenvalue weighted by Crippen LogP contribution is -2.15. The second-order valence-corrected chi connectivity index (χ2v) is 5.15. The molecule has 0 aromatic rings. The van der Waals surface area contributed by atoms with Crippen LogP contribution >= 0.6 is 0 Å². The molecule has 1 rings (SSSR count). The van der Waals surface area contributed by atoms with Crippen LogP contribution in [0.3, 0.4) is 0 Å². The Bertz CT molecular complexity index is 179. The van der Waals surface area contributed by atoms with Crippen LogP contribution in [0.5, 0.6) is 0 Å². The summed E-state index contributed by atoms with van der Waals surface area (Å²) in [6.07, 6.45) is 3.46. The molecule has 2 nitrogen and oxygen atoms in total. The molecule has 1 saturated heterocycles. The first-order valence-electron chi connectivity index (χ1n) is 3.37. The second-order valence-electron chi connectivity index (χ2n) is 2.42. The van der Waals surface area contributed by atoms with Gasteiger partial charge >= 0.3 is 0 Å². The molecule has 0 N–H and O–H groups in total.